The van der Waals surface area contributed by atoms with Gasteiger partial charge >= 0.3 is 0 Å². The number of nitrogens with two attached hydrogens (primary N) is 1. The van der Waals surface area contributed by atoms with E-state index in [1.54, 1.807) is 6.07 Å². The topological polar surface area (TPSA) is 63.8 Å². The van der Waals surface area contributed by atoms with Gasteiger partial charge in [0.1, 0.15) is 17.5 Å². The predicted molar refractivity (Wildman–Crippen MR) is 89.0 cm³/mol. The zero-order valence-corrected chi connectivity index (χ0v) is 13.4. The second-order valence-electron chi connectivity index (χ2n) is 6.62. The molecule has 2 rings (SSSR count). The first-order chi connectivity index (χ1) is 9.77. The van der Waals surface area contributed by atoms with Gasteiger partial charge < -0.3 is 11.1 Å². The van der Waals surface area contributed by atoms with Crippen molar-refractivity contribution in [3.05, 3.63) is 41.7 Å². The van der Waals surface area contributed by atoms with E-state index in [4.69, 9.17) is 5.73 Å². The van der Waals surface area contributed by atoms with Crippen LogP contribution in [-0.4, -0.2) is 9.97 Å². The molecule has 4 nitrogen and oxygen atoms in total. The van der Waals surface area contributed by atoms with Crippen molar-refractivity contribution < 1.29 is 0 Å². The molecule has 0 amide bonds. The molecule has 112 valence electrons. The van der Waals surface area contributed by atoms with Crippen LogP contribution in [0, 0.1) is 0 Å². The van der Waals surface area contributed by atoms with Crippen LogP contribution in [0.3, 0.4) is 0 Å². The molecule has 2 aromatic rings. The summed E-state index contributed by atoms with van der Waals surface area (Å²) >= 11 is 0. The highest BCUT2D eigenvalue weighted by atomic mass is 15.1. The van der Waals surface area contributed by atoms with Crippen molar-refractivity contribution in [2.24, 2.45) is 0 Å². The van der Waals surface area contributed by atoms with Crippen LogP contribution in [0.4, 0.5) is 17.3 Å². The summed E-state index contributed by atoms with van der Waals surface area (Å²) in [5.74, 6) is 2.40. The van der Waals surface area contributed by atoms with E-state index in [9.17, 15) is 0 Å². The van der Waals surface area contributed by atoms with Crippen LogP contribution < -0.4 is 11.1 Å². The number of nitrogens with zero attached hydrogens (tertiary/aromatic N) is 2. The van der Waals surface area contributed by atoms with Gasteiger partial charge in [0.15, 0.2) is 0 Å². The normalized spacial score (nSPS) is 11.7. The molecule has 21 heavy (non-hydrogen) atoms. The molecule has 1 aromatic heterocycles. The largest absolute Gasteiger partial charge is 0.384 e. The molecule has 0 atom stereocenters. The lowest BCUT2D eigenvalue weighted by Gasteiger charge is -2.19. The summed E-state index contributed by atoms with van der Waals surface area (Å²) in [4.78, 5) is 8.93. The summed E-state index contributed by atoms with van der Waals surface area (Å²) in [5, 5.41) is 3.38. The Balaban J connectivity index is 2.39. The highest BCUT2D eigenvalue weighted by molar-refractivity contribution is 5.63. The summed E-state index contributed by atoms with van der Waals surface area (Å²) in [6.45, 7) is 10.6. The van der Waals surface area contributed by atoms with Crippen LogP contribution in [0.5, 0.6) is 0 Å². The first-order valence-corrected chi connectivity index (χ1v) is 7.28. The predicted octanol–water partition coefficient (Wildman–Crippen LogP) is 4.22. The minimum atomic E-state index is -0.136. The fraction of sp³-hybridized carbons (Fsp3) is 0.412. The van der Waals surface area contributed by atoms with Crippen LogP contribution in [0.1, 0.15) is 51.9 Å². The molecule has 0 fully saturated rings. The summed E-state index contributed by atoms with van der Waals surface area (Å²) in [6, 6.07) is 10.0. The van der Waals surface area contributed by atoms with E-state index < -0.39 is 0 Å². The maximum absolute atomic E-state index is 5.92. The maximum Gasteiger partial charge on any atom is 0.138 e. The third-order valence-corrected chi connectivity index (χ3v) is 3.26. The van der Waals surface area contributed by atoms with Gasteiger partial charge in [0.25, 0.3) is 0 Å². The monoisotopic (exact) mass is 284 g/mol. The Bertz CT molecular complexity index is 627. The van der Waals surface area contributed by atoms with E-state index in [-0.39, 0.29) is 5.41 Å². The molecule has 0 radical (unpaired) electrons. The van der Waals surface area contributed by atoms with Crippen LogP contribution >= 0.6 is 0 Å². The zero-order valence-electron chi connectivity index (χ0n) is 13.4. The molecule has 1 heterocycles. The molecule has 0 unspecified atom stereocenters. The van der Waals surface area contributed by atoms with Gasteiger partial charge in [-0.2, -0.15) is 0 Å². The van der Waals surface area contributed by atoms with Gasteiger partial charge in [0, 0.05) is 17.2 Å². The smallest absolute Gasteiger partial charge is 0.138 e. The molecule has 3 N–H and O–H groups in total. The zero-order chi connectivity index (χ0) is 15.6. The molecule has 4 heteroatoms. The Kier molecular flexibility index (Phi) is 4.16. The van der Waals surface area contributed by atoms with Gasteiger partial charge in [0.05, 0.1) is 0 Å². The fourth-order valence-electron chi connectivity index (χ4n) is 2.12. The third kappa shape index (κ3) is 3.72. The molecule has 0 bridgehead atoms. The molecule has 0 aliphatic rings. The third-order valence-electron chi connectivity index (χ3n) is 3.26. The minimum Gasteiger partial charge on any atom is -0.384 e. The van der Waals surface area contributed by atoms with Gasteiger partial charge in [-0.3, -0.25) is 0 Å². The lowest BCUT2D eigenvalue weighted by molar-refractivity contribution is 0.547. The van der Waals surface area contributed by atoms with Gasteiger partial charge in [0.2, 0.25) is 0 Å². The number of nitrogen functional groups attached to an aromatic ring is 1. The van der Waals surface area contributed by atoms with E-state index in [0.29, 0.717) is 11.7 Å². The minimum absolute atomic E-state index is 0.136. The Hall–Kier alpha value is -2.10. The highest BCUT2D eigenvalue weighted by Gasteiger charge is 2.19. The van der Waals surface area contributed by atoms with Gasteiger partial charge in [-0.15, -0.1) is 0 Å². The number of nitrogens with one attached hydrogen (secondary N) is 1. The van der Waals surface area contributed by atoms with Crippen molar-refractivity contribution in [2.75, 3.05) is 11.1 Å². The standard InChI is InChI=1S/C17H24N4/c1-11(2)12-8-6-7-9-13(12)19-15-10-14(18)20-16(21-15)17(3,4)5/h6-11H,1-5H3,(H3,18,19,20,21). The Labute approximate surface area is 126 Å². The van der Waals surface area contributed by atoms with Crippen molar-refractivity contribution in [3.63, 3.8) is 0 Å². The van der Waals surface area contributed by atoms with Crippen LogP contribution in [0.2, 0.25) is 0 Å². The van der Waals surface area contributed by atoms with Crippen molar-refractivity contribution in [1.29, 1.82) is 0 Å². The van der Waals surface area contributed by atoms with E-state index in [1.165, 1.54) is 5.56 Å². The number of hydrogen-bond acceptors (Lipinski definition) is 4. The molecular weight excluding hydrogens is 260 g/mol. The van der Waals surface area contributed by atoms with Gasteiger partial charge in [-0.25, -0.2) is 9.97 Å². The van der Waals surface area contributed by atoms with Crippen molar-refractivity contribution in [2.45, 2.75) is 46.0 Å². The van der Waals surface area contributed by atoms with E-state index >= 15 is 0 Å². The SMILES string of the molecule is CC(C)c1ccccc1Nc1cc(N)nc(C(C)(C)C)n1. The van der Waals surface area contributed by atoms with E-state index in [2.05, 4.69) is 68.1 Å². The second kappa shape index (κ2) is 5.72. The fourth-order valence-corrected chi connectivity index (χ4v) is 2.12. The molecule has 0 aliphatic heterocycles. The van der Waals surface area contributed by atoms with Gasteiger partial charge in [-0.05, 0) is 17.5 Å². The molecule has 0 saturated heterocycles. The Morgan fingerprint density at radius 1 is 1.10 bits per heavy atom. The maximum atomic E-state index is 5.92. The Morgan fingerprint density at radius 3 is 2.38 bits per heavy atom. The second-order valence-corrected chi connectivity index (χ2v) is 6.62. The average molecular weight is 284 g/mol. The molecule has 0 saturated carbocycles. The number of rotatable bonds is 3. The number of anilines is 3. The lowest BCUT2D eigenvalue weighted by atomic mass is 9.96. The first-order valence-electron chi connectivity index (χ1n) is 7.28. The lowest BCUT2D eigenvalue weighted by Crippen LogP contribution is -2.17. The van der Waals surface area contributed by atoms with Crippen LogP contribution in [0.15, 0.2) is 30.3 Å². The molecule has 0 spiro atoms. The summed E-state index contributed by atoms with van der Waals surface area (Å²) in [6.07, 6.45) is 0. The Morgan fingerprint density at radius 2 is 1.76 bits per heavy atom. The number of aromatic nitrogens is 2. The van der Waals surface area contributed by atoms with E-state index in [1.807, 2.05) is 6.07 Å². The number of benzene rings is 1. The summed E-state index contributed by atoms with van der Waals surface area (Å²) in [7, 11) is 0. The van der Waals surface area contributed by atoms with Crippen molar-refractivity contribution in [3.8, 4) is 0 Å². The summed E-state index contributed by atoms with van der Waals surface area (Å²) < 4.78 is 0. The molecule has 1 aromatic carbocycles. The first kappa shape index (κ1) is 15.3. The number of para-hydroxylation sites is 1. The summed E-state index contributed by atoms with van der Waals surface area (Å²) in [5.41, 5.74) is 8.10. The van der Waals surface area contributed by atoms with Crippen LogP contribution in [0.25, 0.3) is 0 Å². The number of hydrogen-bond donors (Lipinski definition) is 2. The van der Waals surface area contributed by atoms with Crippen LogP contribution in [-0.2, 0) is 5.41 Å². The van der Waals surface area contributed by atoms with E-state index in [0.717, 1.165) is 17.3 Å². The molecular formula is C17H24N4. The van der Waals surface area contributed by atoms with Gasteiger partial charge in [-0.1, -0.05) is 52.8 Å². The highest BCUT2D eigenvalue weighted by Crippen LogP contribution is 2.28. The average Bonchev–Trinajstić information content (AvgIpc) is 2.37. The molecule has 0 aliphatic carbocycles. The van der Waals surface area contributed by atoms with Crippen molar-refractivity contribution >= 4 is 17.3 Å². The van der Waals surface area contributed by atoms with Crippen molar-refractivity contribution in [1.82, 2.24) is 9.97 Å². The quantitative estimate of drug-likeness (QED) is 0.885.